The Morgan fingerprint density at radius 1 is 1.23 bits per heavy atom. The van der Waals surface area contributed by atoms with Gasteiger partial charge in [0, 0.05) is 22.2 Å². The maximum atomic E-state index is 13.4. The Hall–Kier alpha value is -2.16. The summed E-state index contributed by atoms with van der Waals surface area (Å²) in [4.78, 5) is 2.22. The van der Waals surface area contributed by atoms with Gasteiger partial charge in [0.25, 0.3) is 0 Å². The number of aryl methyl sites for hydroxylation is 1. The molecular weight excluding hydrogens is 430 g/mol. The van der Waals surface area contributed by atoms with Gasteiger partial charge in [-0.15, -0.1) is 28.0 Å². The van der Waals surface area contributed by atoms with Crippen LogP contribution in [-0.4, -0.2) is 37.2 Å². The molecule has 4 rings (SSSR count). The van der Waals surface area contributed by atoms with E-state index < -0.39 is 17.7 Å². The van der Waals surface area contributed by atoms with Crippen molar-refractivity contribution >= 4 is 29.0 Å². The molecule has 1 aromatic carbocycles. The number of aromatic nitrogens is 4. The fourth-order valence-corrected chi connectivity index (χ4v) is 5.50. The number of aromatic amines is 1. The summed E-state index contributed by atoms with van der Waals surface area (Å²) in [5, 5.41) is 24.2. The van der Waals surface area contributed by atoms with Gasteiger partial charge in [0.15, 0.2) is 5.82 Å². The number of nitrogens with zero attached hydrogens (tertiary/aromatic N) is 3. The molecule has 2 N–H and O–H groups in total. The van der Waals surface area contributed by atoms with Gasteiger partial charge in [-0.2, -0.15) is 0 Å². The number of aliphatic hydroxyl groups is 1. The fourth-order valence-electron chi connectivity index (χ4n) is 4.04. The number of alkyl halides is 1. The third kappa shape index (κ3) is 4.94. The Morgan fingerprint density at radius 2 is 2.03 bits per heavy atom. The van der Waals surface area contributed by atoms with Crippen molar-refractivity contribution in [2.75, 3.05) is 0 Å². The number of hydrogen-bond donors (Lipinski definition) is 2. The number of tetrazole rings is 1. The average Bonchev–Trinajstić information content (AvgIpc) is 3.41. The Bertz CT molecular complexity index is 990. The number of rotatable bonds is 7. The predicted molar refractivity (Wildman–Crippen MR) is 113 cm³/mol. The monoisotopic (exact) mass is 450 g/mol. The molecule has 1 aliphatic carbocycles. The van der Waals surface area contributed by atoms with E-state index in [1.165, 1.54) is 17.0 Å². The summed E-state index contributed by atoms with van der Waals surface area (Å²) in [5.41, 5.74) is 0.435. The van der Waals surface area contributed by atoms with Crippen molar-refractivity contribution in [3.05, 3.63) is 58.5 Å². The first-order valence-corrected chi connectivity index (χ1v) is 11.0. The lowest BCUT2D eigenvalue weighted by atomic mass is 9.89. The molecule has 2 aromatic heterocycles. The van der Waals surface area contributed by atoms with Gasteiger partial charge in [-0.25, -0.2) is 13.9 Å². The predicted octanol–water partition coefficient (Wildman–Crippen LogP) is 4.85. The van der Waals surface area contributed by atoms with Crippen LogP contribution in [0.15, 0.2) is 36.4 Å². The van der Waals surface area contributed by atoms with Crippen molar-refractivity contribution in [1.29, 1.82) is 0 Å². The molecule has 0 bridgehead atoms. The van der Waals surface area contributed by atoms with Gasteiger partial charge in [0.05, 0.1) is 11.0 Å². The molecule has 9 heteroatoms. The van der Waals surface area contributed by atoms with Gasteiger partial charge in [-0.1, -0.05) is 12.2 Å². The first-order chi connectivity index (χ1) is 14.5. The van der Waals surface area contributed by atoms with Gasteiger partial charge in [-0.3, -0.25) is 0 Å². The molecule has 0 aliphatic heterocycles. The second-order valence-electron chi connectivity index (χ2n) is 7.53. The molecule has 2 heterocycles. The van der Waals surface area contributed by atoms with E-state index in [4.69, 9.17) is 11.6 Å². The van der Waals surface area contributed by atoms with Crippen LogP contribution in [0.5, 0.6) is 0 Å². The van der Waals surface area contributed by atoms with Crippen LogP contribution >= 0.6 is 22.9 Å². The van der Waals surface area contributed by atoms with E-state index in [1.54, 1.807) is 17.4 Å². The fraction of sp³-hybridized carbons (Fsp3) is 0.381. The molecule has 0 radical (unpaired) electrons. The average molecular weight is 451 g/mol. The van der Waals surface area contributed by atoms with Crippen LogP contribution in [0, 0.1) is 23.5 Å². The number of aliphatic hydroxyl groups excluding tert-OH is 1. The number of benzene rings is 1. The smallest absolute Gasteiger partial charge is 0.189 e. The Balaban J connectivity index is 1.37. The van der Waals surface area contributed by atoms with Crippen molar-refractivity contribution in [2.45, 2.75) is 37.2 Å². The van der Waals surface area contributed by atoms with Crippen LogP contribution in [0.1, 0.15) is 29.7 Å². The van der Waals surface area contributed by atoms with Crippen LogP contribution in [0.3, 0.4) is 0 Å². The van der Waals surface area contributed by atoms with Gasteiger partial charge >= 0.3 is 0 Å². The molecule has 1 saturated carbocycles. The van der Waals surface area contributed by atoms with Gasteiger partial charge in [-0.05, 0) is 71.9 Å². The van der Waals surface area contributed by atoms with Crippen molar-refractivity contribution in [3.63, 3.8) is 0 Å². The number of H-pyrrole nitrogens is 1. The standard InChI is InChI=1S/C21H21ClF2N4OS/c22-18-11-19(29)17(6-4-12-8-13(23)10-14(24)9-12)16(18)3-1-2-15-5-7-20(30-15)21-25-27-28-26-21/h4-10,16-19,29H,1-3,11H2,(H,25,26,27,28)/b6-4-/t16-,17-,18-,19-/m1/s1. The topological polar surface area (TPSA) is 74.7 Å². The van der Waals surface area contributed by atoms with E-state index >= 15 is 0 Å². The third-order valence-electron chi connectivity index (χ3n) is 5.47. The number of hydrogen-bond acceptors (Lipinski definition) is 5. The minimum Gasteiger partial charge on any atom is -0.392 e. The second-order valence-corrected chi connectivity index (χ2v) is 9.26. The summed E-state index contributed by atoms with van der Waals surface area (Å²) in [5.74, 6) is -0.619. The Labute approximate surface area is 181 Å². The highest BCUT2D eigenvalue weighted by Gasteiger charge is 2.39. The Kier molecular flexibility index (Phi) is 6.55. The lowest BCUT2D eigenvalue weighted by Gasteiger charge is -2.20. The molecule has 3 aromatic rings. The number of nitrogens with one attached hydrogen (secondary N) is 1. The molecule has 0 amide bonds. The van der Waals surface area contributed by atoms with Crippen molar-refractivity contribution in [3.8, 4) is 10.7 Å². The molecule has 0 saturated heterocycles. The van der Waals surface area contributed by atoms with Crippen molar-refractivity contribution < 1.29 is 13.9 Å². The highest BCUT2D eigenvalue weighted by molar-refractivity contribution is 7.15. The number of thiophene rings is 1. The molecule has 158 valence electrons. The molecule has 0 unspecified atom stereocenters. The minimum atomic E-state index is -0.621. The summed E-state index contributed by atoms with van der Waals surface area (Å²) >= 11 is 8.16. The summed E-state index contributed by atoms with van der Waals surface area (Å²) in [6.07, 6.45) is 6.14. The lowest BCUT2D eigenvalue weighted by molar-refractivity contribution is 0.140. The molecule has 4 atom stereocenters. The normalized spacial score (nSPS) is 24.1. The zero-order chi connectivity index (χ0) is 21.1. The first kappa shape index (κ1) is 21.1. The highest BCUT2D eigenvalue weighted by Crippen LogP contribution is 2.40. The van der Waals surface area contributed by atoms with Crippen molar-refractivity contribution in [2.24, 2.45) is 11.8 Å². The molecular formula is C21H21ClF2N4OS. The van der Waals surface area contributed by atoms with Gasteiger partial charge < -0.3 is 5.11 Å². The van der Waals surface area contributed by atoms with Crippen LogP contribution in [-0.2, 0) is 6.42 Å². The van der Waals surface area contributed by atoms with E-state index in [2.05, 4.69) is 26.7 Å². The summed E-state index contributed by atoms with van der Waals surface area (Å²) in [7, 11) is 0. The number of halogens is 3. The maximum Gasteiger partial charge on any atom is 0.189 e. The molecule has 1 fully saturated rings. The molecule has 0 spiro atoms. The third-order valence-corrected chi connectivity index (χ3v) is 7.12. The lowest BCUT2D eigenvalue weighted by Crippen LogP contribution is -2.18. The quantitative estimate of drug-likeness (QED) is 0.505. The largest absolute Gasteiger partial charge is 0.392 e. The van der Waals surface area contributed by atoms with Gasteiger partial charge in [0.2, 0.25) is 0 Å². The van der Waals surface area contributed by atoms with E-state index in [9.17, 15) is 13.9 Å². The first-order valence-electron chi connectivity index (χ1n) is 9.79. The van der Waals surface area contributed by atoms with Crippen molar-refractivity contribution in [1.82, 2.24) is 20.6 Å². The molecule has 30 heavy (non-hydrogen) atoms. The summed E-state index contributed by atoms with van der Waals surface area (Å²) in [6.45, 7) is 0. The van der Waals surface area contributed by atoms with Crippen LogP contribution < -0.4 is 0 Å². The molecule has 1 aliphatic rings. The summed E-state index contributed by atoms with van der Waals surface area (Å²) < 4.78 is 26.8. The summed E-state index contributed by atoms with van der Waals surface area (Å²) in [6, 6.07) is 7.45. The van der Waals surface area contributed by atoms with Crippen LogP contribution in [0.2, 0.25) is 0 Å². The van der Waals surface area contributed by atoms with E-state index in [1.807, 2.05) is 12.1 Å². The van der Waals surface area contributed by atoms with E-state index in [-0.39, 0.29) is 17.2 Å². The zero-order valence-corrected chi connectivity index (χ0v) is 17.6. The maximum absolute atomic E-state index is 13.4. The van der Waals surface area contributed by atoms with Crippen LogP contribution in [0.4, 0.5) is 8.78 Å². The minimum absolute atomic E-state index is 0.106. The Morgan fingerprint density at radius 3 is 2.77 bits per heavy atom. The van der Waals surface area contributed by atoms with Crippen LogP contribution in [0.25, 0.3) is 16.8 Å². The second kappa shape index (κ2) is 9.32. The highest BCUT2D eigenvalue weighted by atomic mass is 35.5. The van der Waals surface area contributed by atoms with E-state index in [0.29, 0.717) is 17.8 Å². The van der Waals surface area contributed by atoms with E-state index in [0.717, 1.165) is 30.2 Å². The SMILES string of the molecule is O[C@@H]1C[C@@H](Cl)[C@H](CCCc2ccc(-c3nnn[nH]3)s2)[C@H]1/C=C\c1cc(F)cc(F)c1. The zero-order valence-electron chi connectivity index (χ0n) is 16.0. The molecule has 5 nitrogen and oxygen atoms in total. The van der Waals surface area contributed by atoms with Gasteiger partial charge in [0.1, 0.15) is 11.6 Å².